The topological polar surface area (TPSA) is 70.8 Å². The second-order valence-corrected chi connectivity index (χ2v) is 6.70. The van der Waals surface area contributed by atoms with E-state index in [1.54, 1.807) is 4.52 Å². The van der Waals surface area contributed by atoms with Crippen molar-refractivity contribution in [1.29, 1.82) is 0 Å². The zero-order valence-corrected chi connectivity index (χ0v) is 14.4. The highest BCUT2D eigenvalue weighted by Crippen LogP contribution is 2.36. The first kappa shape index (κ1) is 15.2. The van der Waals surface area contributed by atoms with Gasteiger partial charge in [0.15, 0.2) is 28.4 Å². The third-order valence-corrected chi connectivity index (χ3v) is 4.96. The summed E-state index contributed by atoms with van der Waals surface area (Å²) in [5.41, 5.74) is 0. The van der Waals surface area contributed by atoms with Crippen LogP contribution >= 0.6 is 11.3 Å². The lowest BCUT2D eigenvalue weighted by Crippen LogP contribution is -2.21. The lowest BCUT2D eigenvalue weighted by Gasteiger charge is -2.24. The molecule has 0 amide bonds. The lowest BCUT2D eigenvalue weighted by molar-refractivity contribution is 0.0903. The van der Waals surface area contributed by atoms with Gasteiger partial charge in [-0.2, -0.15) is 9.61 Å². The van der Waals surface area contributed by atoms with Gasteiger partial charge in [0.1, 0.15) is 19.0 Å². The van der Waals surface area contributed by atoms with Crippen molar-refractivity contribution in [2.24, 2.45) is 0 Å². The van der Waals surface area contributed by atoms with Crippen molar-refractivity contribution in [3.05, 3.63) is 65.4 Å². The molecule has 1 aliphatic rings. The molecule has 2 aromatic heterocycles. The highest BCUT2D eigenvalue weighted by molar-refractivity contribution is 7.16. The van der Waals surface area contributed by atoms with Crippen LogP contribution in [0.4, 0.5) is 0 Å². The van der Waals surface area contributed by atoms with Crippen LogP contribution < -0.4 is 14.2 Å². The fraction of sp³-hybridized carbons (Fsp3) is 0.167. The number of rotatable bonds is 4. The summed E-state index contributed by atoms with van der Waals surface area (Å²) in [4.78, 5) is 0.703. The van der Waals surface area contributed by atoms with E-state index < -0.39 is 0 Å². The van der Waals surface area contributed by atoms with Crippen LogP contribution in [0, 0.1) is 0 Å². The van der Waals surface area contributed by atoms with Gasteiger partial charge in [0.05, 0.1) is 0 Å². The number of hydrogen-bond donors (Lipinski definition) is 0. The molecule has 4 aromatic rings. The Labute approximate surface area is 152 Å². The number of ether oxygens (including phenoxy) is 3. The van der Waals surface area contributed by atoms with Crippen molar-refractivity contribution < 1.29 is 14.2 Å². The largest absolute Gasteiger partial charge is 0.486 e. The molecule has 7 nitrogen and oxygen atoms in total. The molecule has 0 saturated carbocycles. The fourth-order valence-corrected chi connectivity index (χ4v) is 3.57. The van der Waals surface area contributed by atoms with Crippen LogP contribution in [-0.2, 0) is 6.61 Å². The monoisotopic (exact) mass is 366 g/mol. The summed E-state index contributed by atoms with van der Waals surface area (Å²) in [6.45, 7) is 0.705. The van der Waals surface area contributed by atoms with Crippen molar-refractivity contribution in [2.75, 3.05) is 6.61 Å². The van der Waals surface area contributed by atoms with E-state index in [1.165, 1.54) is 11.3 Å². The first-order chi connectivity index (χ1) is 12.9. The molecule has 1 atom stereocenters. The third-order valence-electron chi connectivity index (χ3n) is 3.97. The minimum absolute atomic E-state index is 0.264. The van der Waals surface area contributed by atoms with E-state index in [2.05, 4.69) is 15.3 Å². The second kappa shape index (κ2) is 6.30. The molecular formula is C18H14N4O3S. The van der Waals surface area contributed by atoms with Crippen molar-refractivity contribution >= 4 is 16.3 Å². The number of nitrogens with zero attached hydrogens (tertiary/aromatic N) is 4. The average Bonchev–Trinajstić information content (AvgIpc) is 3.28. The molecule has 0 fully saturated rings. The second-order valence-electron chi connectivity index (χ2n) is 5.72. The molecule has 2 aromatic carbocycles. The van der Waals surface area contributed by atoms with Gasteiger partial charge in [-0.25, -0.2) is 0 Å². The highest BCUT2D eigenvalue weighted by Gasteiger charge is 2.26. The van der Waals surface area contributed by atoms with E-state index in [0.29, 0.717) is 24.0 Å². The van der Waals surface area contributed by atoms with E-state index in [0.717, 1.165) is 22.3 Å². The molecular weight excluding hydrogens is 352 g/mol. The average molecular weight is 366 g/mol. The molecule has 0 aliphatic carbocycles. The summed E-state index contributed by atoms with van der Waals surface area (Å²) < 4.78 is 19.2. The molecule has 26 heavy (non-hydrogen) atoms. The summed E-state index contributed by atoms with van der Waals surface area (Å²) in [6, 6.07) is 17.2. The van der Waals surface area contributed by atoms with Gasteiger partial charge in [-0.1, -0.05) is 41.7 Å². The first-order valence-electron chi connectivity index (χ1n) is 8.14. The molecule has 0 saturated heterocycles. The van der Waals surface area contributed by atoms with Gasteiger partial charge < -0.3 is 14.2 Å². The summed E-state index contributed by atoms with van der Waals surface area (Å²) in [6.07, 6.45) is -0.264. The first-order valence-corrected chi connectivity index (χ1v) is 8.96. The van der Waals surface area contributed by atoms with Crippen LogP contribution in [0.3, 0.4) is 0 Å². The predicted molar refractivity (Wildman–Crippen MR) is 94.7 cm³/mol. The number of hydrogen-bond acceptors (Lipinski definition) is 7. The van der Waals surface area contributed by atoms with Gasteiger partial charge in [0.25, 0.3) is 0 Å². The third kappa shape index (κ3) is 2.74. The van der Waals surface area contributed by atoms with Crippen molar-refractivity contribution in [1.82, 2.24) is 19.8 Å². The van der Waals surface area contributed by atoms with Gasteiger partial charge in [-0.05, 0) is 24.3 Å². The van der Waals surface area contributed by atoms with E-state index in [4.69, 9.17) is 14.2 Å². The Hall–Kier alpha value is -3.13. The molecule has 8 heteroatoms. The van der Waals surface area contributed by atoms with Crippen molar-refractivity contribution in [3.63, 3.8) is 0 Å². The van der Waals surface area contributed by atoms with Crippen molar-refractivity contribution in [2.45, 2.75) is 12.7 Å². The summed E-state index contributed by atoms with van der Waals surface area (Å²) in [7, 11) is 0. The van der Waals surface area contributed by atoms with Gasteiger partial charge in [-0.3, -0.25) is 0 Å². The normalized spacial score (nSPS) is 15.9. The lowest BCUT2D eigenvalue weighted by atomic mass is 10.3. The van der Waals surface area contributed by atoms with Crippen LogP contribution in [0.2, 0.25) is 0 Å². The molecule has 0 spiro atoms. The minimum Gasteiger partial charge on any atom is -0.486 e. The Bertz CT molecular complexity index is 1050. The smallest absolute Gasteiger partial charge is 0.234 e. The maximum atomic E-state index is 6.02. The zero-order chi connectivity index (χ0) is 17.3. The number of para-hydroxylation sites is 3. The maximum absolute atomic E-state index is 6.02. The fourth-order valence-electron chi connectivity index (χ4n) is 2.70. The Kier molecular flexibility index (Phi) is 3.67. The molecule has 5 rings (SSSR count). The van der Waals surface area contributed by atoms with E-state index >= 15 is 0 Å². The van der Waals surface area contributed by atoms with E-state index in [1.807, 2.05) is 54.6 Å². The predicted octanol–water partition coefficient (Wildman–Crippen LogP) is 3.28. The van der Waals surface area contributed by atoms with Gasteiger partial charge in [0, 0.05) is 0 Å². The highest BCUT2D eigenvalue weighted by atomic mass is 32.1. The molecule has 0 bridgehead atoms. The van der Waals surface area contributed by atoms with Crippen LogP contribution in [-0.4, -0.2) is 26.4 Å². The maximum Gasteiger partial charge on any atom is 0.234 e. The molecule has 3 heterocycles. The zero-order valence-electron chi connectivity index (χ0n) is 13.6. The van der Waals surface area contributed by atoms with Crippen LogP contribution in [0.15, 0.2) is 54.6 Å². The Balaban J connectivity index is 1.37. The van der Waals surface area contributed by atoms with Crippen LogP contribution in [0.1, 0.15) is 16.9 Å². The van der Waals surface area contributed by atoms with E-state index in [-0.39, 0.29) is 6.10 Å². The Morgan fingerprint density at radius 1 is 1.04 bits per heavy atom. The molecule has 1 aliphatic heterocycles. The number of benzene rings is 2. The molecule has 0 radical (unpaired) electrons. The SMILES string of the molecule is c1ccc(OCc2nnc3sc([C@@H]4COc5ccccc5O4)nn23)cc1. The Morgan fingerprint density at radius 2 is 1.85 bits per heavy atom. The van der Waals surface area contributed by atoms with Gasteiger partial charge in [0.2, 0.25) is 4.96 Å². The van der Waals surface area contributed by atoms with Crippen molar-refractivity contribution in [3.8, 4) is 17.2 Å². The van der Waals surface area contributed by atoms with Crippen LogP contribution in [0.25, 0.3) is 4.96 Å². The standard InChI is InChI=1S/C18H14N4O3S/c1-2-6-12(7-3-1)23-11-16-19-20-18-22(16)21-17(26-18)15-10-24-13-8-4-5-9-14(13)25-15/h1-9,15H,10-11H2/t15-/m0/s1. The minimum atomic E-state index is -0.264. The van der Waals surface area contributed by atoms with Gasteiger partial charge >= 0.3 is 0 Å². The molecule has 0 unspecified atom stereocenters. The molecule has 130 valence electrons. The Morgan fingerprint density at radius 3 is 2.73 bits per heavy atom. The molecule has 0 N–H and O–H groups in total. The number of fused-ring (bicyclic) bond motifs is 2. The summed E-state index contributed by atoms with van der Waals surface area (Å²) in [5, 5.41) is 13.7. The number of aromatic nitrogens is 4. The van der Waals surface area contributed by atoms with Gasteiger partial charge in [-0.15, -0.1) is 10.2 Å². The quantitative estimate of drug-likeness (QED) is 0.552. The van der Waals surface area contributed by atoms with Crippen LogP contribution in [0.5, 0.6) is 17.2 Å². The summed E-state index contributed by atoms with van der Waals surface area (Å²) in [5.74, 6) is 2.90. The summed E-state index contributed by atoms with van der Waals surface area (Å²) >= 11 is 1.44. The van der Waals surface area contributed by atoms with E-state index in [9.17, 15) is 0 Å².